The Kier molecular flexibility index (Phi) is 8.34. The molecule has 192 valence electrons. The number of hydrogen-bond donors (Lipinski definition) is 3. The highest BCUT2D eigenvalue weighted by atomic mass is 19.4. The number of piperidine rings is 1. The number of carbonyl (C=O) groups is 3. The molecule has 1 aromatic carbocycles. The zero-order chi connectivity index (χ0) is 25.8. The van der Waals surface area contributed by atoms with Crippen LogP contribution in [0.2, 0.25) is 0 Å². The molecule has 3 amide bonds. The first-order valence-corrected chi connectivity index (χ1v) is 11.6. The molecule has 0 saturated carbocycles. The fraction of sp³-hybridized carbons (Fsp3) is 0.565. The van der Waals surface area contributed by atoms with E-state index in [-0.39, 0.29) is 17.4 Å². The maximum Gasteiger partial charge on any atom is 0.397 e. The Morgan fingerprint density at radius 3 is 2.63 bits per heavy atom. The first-order valence-electron chi connectivity index (χ1n) is 11.6. The van der Waals surface area contributed by atoms with Crippen molar-refractivity contribution < 1.29 is 31.9 Å². The van der Waals surface area contributed by atoms with E-state index in [1.807, 2.05) is 6.92 Å². The van der Waals surface area contributed by atoms with Gasteiger partial charge in [0, 0.05) is 12.6 Å². The third kappa shape index (κ3) is 6.92. The third-order valence-corrected chi connectivity index (χ3v) is 6.06. The summed E-state index contributed by atoms with van der Waals surface area (Å²) in [5.41, 5.74) is 0.478. The molecule has 0 bridgehead atoms. The predicted molar refractivity (Wildman–Crippen MR) is 119 cm³/mol. The Balaban J connectivity index is 1.75. The summed E-state index contributed by atoms with van der Waals surface area (Å²) in [5, 5.41) is 4.62. The quantitative estimate of drug-likeness (QED) is 0.484. The number of hydrogen-bond acceptors (Lipinski definition) is 4. The predicted octanol–water partition coefficient (Wildman–Crippen LogP) is 3.50. The third-order valence-electron chi connectivity index (χ3n) is 6.06. The number of aromatic nitrogens is 2. The van der Waals surface area contributed by atoms with Crippen molar-refractivity contribution in [1.29, 1.82) is 0 Å². The van der Waals surface area contributed by atoms with Crippen LogP contribution in [0, 0.1) is 5.82 Å². The highest BCUT2D eigenvalue weighted by Gasteiger charge is 2.35. The van der Waals surface area contributed by atoms with Crippen LogP contribution in [0.4, 0.5) is 17.6 Å². The van der Waals surface area contributed by atoms with E-state index in [0.29, 0.717) is 18.5 Å². The molecule has 1 saturated heterocycles. The molecular weight excluding hydrogens is 470 g/mol. The van der Waals surface area contributed by atoms with Gasteiger partial charge in [-0.05, 0) is 44.7 Å². The second-order valence-electron chi connectivity index (χ2n) is 8.75. The molecule has 3 N–H and O–H groups in total. The number of benzene rings is 1. The standard InChI is InChI=1S/C23H29F4N5O3/c1-3-14-7-4-5-10-32(14)19(34)11-17(29-18(33)12-23(25,26)27)22(35)28-13(2)21-30-16-9-6-8-15(24)20(16)31-21/h6,8-9,13-14,17H,3-5,7,10-12H2,1-2H3,(H,28,35)(H,29,33)(H,30,31)/t13-,14?,17?/m0/s1. The molecular formula is C23H29F4N5O3. The van der Waals surface area contributed by atoms with E-state index in [0.717, 1.165) is 19.3 Å². The van der Waals surface area contributed by atoms with Gasteiger partial charge in [-0.25, -0.2) is 9.37 Å². The highest BCUT2D eigenvalue weighted by molar-refractivity contribution is 5.92. The number of H-pyrrole nitrogens is 1. The number of aromatic amines is 1. The van der Waals surface area contributed by atoms with E-state index in [1.54, 1.807) is 17.9 Å². The van der Waals surface area contributed by atoms with Crippen LogP contribution in [0.3, 0.4) is 0 Å². The topological polar surface area (TPSA) is 107 Å². The Labute approximate surface area is 199 Å². The van der Waals surface area contributed by atoms with Crippen molar-refractivity contribution in [2.45, 2.75) is 76.7 Å². The minimum Gasteiger partial charge on any atom is -0.345 e. The monoisotopic (exact) mass is 499 g/mol. The van der Waals surface area contributed by atoms with E-state index in [2.05, 4.69) is 20.6 Å². The Hall–Kier alpha value is -3.18. The van der Waals surface area contributed by atoms with Crippen molar-refractivity contribution in [2.24, 2.45) is 0 Å². The van der Waals surface area contributed by atoms with Gasteiger partial charge in [-0.3, -0.25) is 14.4 Å². The zero-order valence-corrected chi connectivity index (χ0v) is 19.5. The molecule has 2 unspecified atom stereocenters. The van der Waals surface area contributed by atoms with Gasteiger partial charge in [0.2, 0.25) is 17.7 Å². The average molecular weight is 500 g/mol. The number of carbonyl (C=O) groups excluding carboxylic acids is 3. The number of alkyl halides is 3. The maximum absolute atomic E-state index is 14.0. The Morgan fingerprint density at radius 2 is 1.97 bits per heavy atom. The van der Waals surface area contributed by atoms with Crippen molar-refractivity contribution in [2.75, 3.05) is 6.54 Å². The molecule has 2 aromatic rings. The molecule has 35 heavy (non-hydrogen) atoms. The van der Waals surface area contributed by atoms with Crippen molar-refractivity contribution in [1.82, 2.24) is 25.5 Å². The summed E-state index contributed by atoms with van der Waals surface area (Å²) in [6, 6.07) is 1.99. The molecule has 1 aliphatic heterocycles. The number of nitrogens with one attached hydrogen (secondary N) is 3. The number of likely N-dealkylation sites (tertiary alicyclic amines) is 1. The summed E-state index contributed by atoms with van der Waals surface area (Å²) in [5.74, 6) is -3.00. The van der Waals surface area contributed by atoms with Crippen molar-refractivity contribution in [3.8, 4) is 0 Å². The van der Waals surface area contributed by atoms with Crippen LogP contribution in [0.5, 0.6) is 0 Å². The molecule has 0 aliphatic carbocycles. The van der Waals surface area contributed by atoms with E-state index < -0.39 is 54.6 Å². The van der Waals surface area contributed by atoms with Gasteiger partial charge in [-0.2, -0.15) is 13.2 Å². The summed E-state index contributed by atoms with van der Waals surface area (Å²) < 4.78 is 52.0. The number of amides is 3. The SMILES string of the molecule is CCC1CCCCN1C(=O)CC(NC(=O)CC(F)(F)F)C(=O)N[C@@H](C)c1nc2c(F)cccc2[nH]1. The summed E-state index contributed by atoms with van der Waals surface area (Å²) in [6.07, 6.45) is -3.75. The molecule has 3 rings (SSSR count). The number of para-hydroxylation sites is 1. The van der Waals surface area contributed by atoms with E-state index in [4.69, 9.17) is 0 Å². The summed E-state index contributed by atoms with van der Waals surface area (Å²) in [4.78, 5) is 46.6. The van der Waals surface area contributed by atoms with E-state index >= 15 is 0 Å². The lowest BCUT2D eigenvalue weighted by atomic mass is 9.99. The van der Waals surface area contributed by atoms with Crippen molar-refractivity contribution in [3.63, 3.8) is 0 Å². The number of fused-ring (bicyclic) bond motifs is 1. The second-order valence-corrected chi connectivity index (χ2v) is 8.75. The van der Waals surface area contributed by atoms with Gasteiger partial charge >= 0.3 is 6.18 Å². The van der Waals surface area contributed by atoms with Crippen LogP contribution in [-0.4, -0.2) is 57.4 Å². The fourth-order valence-corrected chi connectivity index (χ4v) is 4.29. The molecule has 3 atom stereocenters. The number of halogens is 4. The first-order chi connectivity index (χ1) is 16.5. The molecule has 1 aromatic heterocycles. The van der Waals surface area contributed by atoms with Crippen LogP contribution in [-0.2, 0) is 14.4 Å². The number of imidazole rings is 1. The molecule has 0 spiro atoms. The van der Waals surface area contributed by atoms with Gasteiger partial charge in [0.25, 0.3) is 0 Å². The van der Waals surface area contributed by atoms with Gasteiger partial charge in [0.05, 0.1) is 18.0 Å². The molecule has 8 nitrogen and oxygen atoms in total. The van der Waals surface area contributed by atoms with Crippen molar-refractivity contribution in [3.05, 3.63) is 29.8 Å². The molecule has 0 radical (unpaired) electrons. The molecule has 12 heteroatoms. The van der Waals surface area contributed by atoms with E-state index in [1.165, 1.54) is 12.1 Å². The van der Waals surface area contributed by atoms with Gasteiger partial charge < -0.3 is 20.5 Å². The Morgan fingerprint density at radius 1 is 1.23 bits per heavy atom. The molecule has 1 fully saturated rings. The lowest BCUT2D eigenvalue weighted by Gasteiger charge is -2.36. The second kappa shape index (κ2) is 11.0. The fourth-order valence-electron chi connectivity index (χ4n) is 4.29. The van der Waals surface area contributed by atoms with Crippen molar-refractivity contribution >= 4 is 28.8 Å². The van der Waals surface area contributed by atoms with Crippen LogP contribution >= 0.6 is 0 Å². The lowest BCUT2D eigenvalue weighted by molar-refractivity contribution is -0.155. The number of nitrogens with zero attached hydrogens (tertiary/aromatic N) is 2. The van der Waals surface area contributed by atoms with Crippen LogP contribution in [0.25, 0.3) is 11.0 Å². The lowest BCUT2D eigenvalue weighted by Crippen LogP contribution is -2.52. The smallest absolute Gasteiger partial charge is 0.345 e. The van der Waals surface area contributed by atoms with Crippen LogP contribution in [0.1, 0.15) is 64.2 Å². The Bertz CT molecular complexity index is 1070. The minimum absolute atomic E-state index is 0.0183. The number of rotatable bonds is 8. The maximum atomic E-state index is 14.0. The normalized spacial score (nSPS) is 18.2. The summed E-state index contributed by atoms with van der Waals surface area (Å²) >= 11 is 0. The largest absolute Gasteiger partial charge is 0.397 e. The van der Waals surface area contributed by atoms with Gasteiger partial charge in [0.1, 0.15) is 23.8 Å². The summed E-state index contributed by atoms with van der Waals surface area (Å²) in [6.45, 7) is 3.97. The average Bonchev–Trinajstić information content (AvgIpc) is 3.23. The highest BCUT2D eigenvalue weighted by Crippen LogP contribution is 2.23. The summed E-state index contributed by atoms with van der Waals surface area (Å²) in [7, 11) is 0. The molecule has 2 heterocycles. The van der Waals surface area contributed by atoms with Gasteiger partial charge in [-0.1, -0.05) is 13.0 Å². The van der Waals surface area contributed by atoms with Gasteiger partial charge in [-0.15, -0.1) is 0 Å². The first kappa shape index (κ1) is 26.4. The van der Waals surface area contributed by atoms with Crippen LogP contribution in [0.15, 0.2) is 18.2 Å². The van der Waals surface area contributed by atoms with Gasteiger partial charge in [0.15, 0.2) is 5.82 Å². The zero-order valence-electron chi connectivity index (χ0n) is 19.5. The van der Waals surface area contributed by atoms with Crippen LogP contribution < -0.4 is 10.6 Å². The minimum atomic E-state index is -4.76. The van der Waals surface area contributed by atoms with E-state index in [9.17, 15) is 31.9 Å². The molecule has 1 aliphatic rings.